The summed E-state index contributed by atoms with van der Waals surface area (Å²) >= 11 is 5.91. The predicted octanol–water partition coefficient (Wildman–Crippen LogP) is 2.81. The molecular formula is C22H22ClN5O4. The van der Waals surface area contributed by atoms with Gasteiger partial charge < -0.3 is 25.1 Å². The van der Waals surface area contributed by atoms with Crippen LogP contribution in [0.1, 0.15) is 24.1 Å². The van der Waals surface area contributed by atoms with Crippen LogP contribution in [0, 0.1) is 22.8 Å². The highest BCUT2D eigenvalue weighted by molar-refractivity contribution is 6.30. The number of halogens is 1. The number of ether oxygens (including phenoxy) is 3. The van der Waals surface area contributed by atoms with Crippen LogP contribution in [0.2, 0.25) is 5.02 Å². The van der Waals surface area contributed by atoms with Gasteiger partial charge in [-0.25, -0.2) is 9.89 Å². The average molecular weight is 456 g/mol. The molecule has 3 N–H and O–H groups in total. The molecule has 0 radical (unpaired) electrons. The van der Waals surface area contributed by atoms with Gasteiger partial charge in [0.1, 0.15) is 17.9 Å². The molecule has 0 saturated carbocycles. The van der Waals surface area contributed by atoms with E-state index in [9.17, 15) is 15.6 Å². The molecule has 1 aliphatic rings. The second-order valence-corrected chi connectivity index (χ2v) is 7.70. The molecule has 166 valence electrons. The van der Waals surface area contributed by atoms with Gasteiger partial charge in [-0.3, -0.25) is 0 Å². The van der Waals surface area contributed by atoms with E-state index in [0.29, 0.717) is 27.6 Å². The van der Waals surface area contributed by atoms with Crippen molar-refractivity contribution in [3.8, 4) is 18.0 Å². The summed E-state index contributed by atoms with van der Waals surface area (Å²) in [6.45, 7) is 1.60. The zero-order valence-electron chi connectivity index (χ0n) is 17.7. The first-order valence-electron chi connectivity index (χ1n) is 9.54. The molecule has 0 fully saturated rings. The third-order valence-electron chi connectivity index (χ3n) is 5.27. The maximum absolute atomic E-state index is 11.4. The standard InChI is InChI=1S/C22H22ClN5O4/c1-22(20(30-2)31-3)19(29)18(16-10-13(11-24)4-9-17(16)32-22)28(12-25)21(26)27-15-7-5-14(23)6-8-15/h4-10,18-20,29H,1-3H3,(H2,26,27). The van der Waals surface area contributed by atoms with Crippen LogP contribution in [0.15, 0.2) is 47.5 Å². The van der Waals surface area contributed by atoms with Gasteiger partial charge in [-0.05, 0) is 49.4 Å². The van der Waals surface area contributed by atoms with Crippen molar-refractivity contribution < 1.29 is 19.3 Å². The first kappa shape index (κ1) is 23.3. The Balaban J connectivity index is 2.15. The Morgan fingerprint density at radius 1 is 1.25 bits per heavy atom. The summed E-state index contributed by atoms with van der Waals surface area (Å²) < 4.78 is 16.8. The van der Waals surface area contributed by atoms with Crippen LogP contribution in [0.25, 0.3) is 0 Å². The number of guanidine groups is 1. The Kier molecular flexibility index (Phi) is 6.87. The highest BCUT2D eigenvalue weighted by Crippen LogP contribution is 2.45. The van der Waals surface area contributed by atoms with Gasteiger partial charge in [0, 0.05) is 24.8 Å². The van der Waals surface area contributed by atoms with E-state index in [-0.39, 0.29) is 5.96 Å². The summed E-state index contributed by atoms with van der Waals surface area (Å²) in [5.74, 6) is 0.184. The van der Waals surface area contributed by atoms with E-state index in [4.69, 9.17) is 31.5 Å². The lowest BCUT2D eigenvalue weighted by Gasteiger charge is -2.48. The molecule has 0 bridgehead atoms. The van der Waals surface area contributed by atoms with E-state index in [1.165, 1.54) is 20.3 Å². The summed E-state index contributed by atoms with van der Waals surface area (Å²) in [7, 11) is 2.83. The smallest absolute Gasteiger partial charge is 0.210 e. The predicted molar refractivity (Wildman–Crippen MR) is 117 cm³/mol. The second-order valence-electron chi connectivity index (χ2n) is 7.26. The molecular weight excluding hydrogens is 434 g/mol. The minimum absolute atomic E-state index is 0.164. The van der Waals surface area contributed by atoms with E-state index in [1.807, 2.05) is 12.3 Å². The summed E-state index contributed by atoms with van der Waals surface area (Å²) in [5.41, 5.74) is 5.97. The normalized spacial score (nSPS) is 22.4. The molecule has 3 atom stereocenters. The molecule has 3 rings (SSSR count). The Labute approximate surface area is 190 Å². The van der Waals surface area contributed by atoms with Gasteiger partial charge in [0.2, 0.25) is 5.96 Å². The lowest BCUT2D eigenvalue weighted by Crippen LogP contribution is -2.62. The summed E-state index contributed by atoms with van der Waals surface area (Å²) in [5, 5.41) is 31.2. The summed E-state index contributed by atoms with van der Waals surface area (Å²) in [6, 6.07) is 12.3. The Morgan fingerprint density at radius 3 is 2.47 bits per heavy atom. The zero-order chi connectivity index (χ0) is 23.5. The van der Waals surface area contributed by atoms with E-state index in [2.05, 4.69) is 4.99 Å². The van der Waals surface area contributed by atoms with Crippen LogP contribution in [0.4, 0.5) is 5.69 Å². The molecule has 1 aliphatic heterocycles. The largest absolute Gasteiger partial charge is 0.479 e. The number of aliphatic hydroxyl groups excluding tert-OH is 1. The molecule has 0 amide bonds. The molecule has 10 heteroatoms. The van der Waals surface area contributed by atoms with Crippen molar-refractivity contribution in [2.24, 2.45) is 10.7 Å². The van der Waals surface area contributed by atoms with Crippen LogP contribution in [0.3, 0.4) is 0 Å². The topological polar surface area (TPSA) is 137 Å². The Morgan fingerprint density at radius 2 is 1.91 bits per heavy atom. The van der Waals surface area contributed by atoms with Crippen LogP contribution in [0.5, 0.6) is 5.75 Å². The molecule has 2 aromatic carbocycles. The van der Waals surface area contributed by atoms with Gasteiger partial charge in [0.05, 0.1) is 17.3 Å². The molecule has 0 aliphatic carbocycles. The third kappa shape index (κ3) is 4.20. The van der Waals surface area contributed by atoms with Crippen LogP contribution in [-0.2, 0) is 9.47 Å². The number of hydrogen-bond donors (Lipinski definition) is 2. The number of aliphatic hydroxyl groups is 1. The molecule has 2 aromatic rings. The van der Waals surface area contributed by atoms with E-state index < -0.39 is 24.0 Å². The number of fused-ring (bicyclic) bond motifs is 1. The average Bonchev–Trinajstić information content (AvgIpc) is 2.79. The lowest BCUT2D eigenvalue weighted by atomic mass is 9.83. The van der Waals surface area contributed by atoms with Gasteiger partial charge in [-0.1, -0.05) is 11.6 Å². The van der Waals surface area contributed by atoms with Crippen molar-refractivity contribution in [1.29, 1.82) is 10.5 Å². The number of methoxy groups -OCH3 is 2. The maximum atomic E-state index is 11.4. The monoisotopic (exact) mass is 455 g/mol. The minimum atomic E-state index is -1.41. The third-order valence-corrected chi connectivity index (χ3v) is 5.52. The van der Waals surface area contributed by atoms with E-state index >= 15 is 0 Å². The number of benzene rings is 2. The van der Waals surface area contributed by atoms with Gasteiger partial charge >= 0.3 is 0 Å². The van der Waals surface area contributed by atoms with Crippen molar-refractivity contribution in [3.63, 3.8) is 0 Å². The molecule has 0 saturated heterocycles. The van der Waals surface area contributed by atoms with Crippen LogP contribution in [-0.4, -0.2) is 48.2 Å². The minimum Gasteiger partial charge on any atom is -0.479 e. The van der Waals surface area contributed by atoms with Crippen LogP contribution >= 0.6 is 11.6 Å². The number of rotatable bonds is 5. The van der Waals surface area contributed by atoms with Crippen molar-refractivity contribution in [2.75, 3.05) is 14.2 Å². The first-order valence-corrected chi connectivity index (χ1v) is 9.92. The fourth-order valence-corrected chi connectivity index (χ4v) is 3.84. The molecule has 0 spiro atoms. The highest BCUT2D eigenvalue weighted by Gasteiger charge is 2.54. The molecule has 9 nitrogen and oxygen atoms in total. The van der Waals surface area contributed by atoms with Gasteiger partial charge in [0.25, 0.3) is 0 Å². The highest BCUT2D eigenvalue weighted by atomic mass is 35.5. The van der Waals surface area contributed by atoms with Crippen molar-refractivity contribution in [3.05, 3.63) is 58.6 Å². The van der Waals surface area contributed by atoms with E-state index in [0.717, 1.165) is 4.90 Å². The SMILES string of the molecule is COC(OC)C1(C)Oc2ccc(C#N)cc2C(N(C#N)C(N)=Nc2ccc(Cl)cc2)C1O. The quantitative estimate of drug-likeness (QED) is 0.231. The maximum Gasteiger partial charge on any atom is 0.210 e. The summed E-state index contributed by atoms with van der Waals surface area (Å²) in [6.07, 6.45) is -0.331. The lowest BCUT2D eigenvalue weighted by molar-refractivity contribution is -0.241. The molecule has 3 unspecified atom stereocenters. The zero-order valence-corrected chi connectivity index (χ0v) is 18.4. The number of hydrogen-bond acceptors (Lipinski definition) is 7. The van der Waals surface area contributed by atoms with Gasteiger partial charge in [-0.2, -0.15) is 10.5 Å². The number of nitriles is 2. The summed E-state index contributed by atoms with van der Waals surface area (Å²) in [4.78, 5) is 5.36. The van der Waals surface area contributed by atoms with Gasteiger partial charge in [-0.15, -0.1) is 0 Å². The van der Waals surface area contributed by atoms with Crippen molar-refractivity contribution in [1.82, 2.24) is 4.90 Å². The molecule has 1 heterocycles. The number of nitrogens with zero attached hydrogens (tertiary/aromatic N) is 4. The van der Waals surface area contributed by atoms with Crippen molar-refractivity contribution in [2.45, 2.75) is 31.0 Å². The Bertz CT molecular complexity index is 1090. The van der Waals surface area contributed by atoms with Gasteiger partial charge in [0.15, 0.2) is 18.1 Å². The van der Waals surface area contributed by atoms with E-state index in [1.54, 1.807) is 43.3 Å². The van der Waals surface area contributed by atoms with Crippen molar-refractivity contribution >= 4 is 23.2 Å². The number of nitrogens with two attached hydrogens (primary N) is 1. The number of aliphatic imine (C=N–C) groups is 1. The fourth-order valence-electron chi connectivity index (χ4n) is 3.71. The molecule has 32 heavy (non-hydrogen) atoms. The molecule has 0 aromatic heterocycles. The second kappa shape index (κ2) is 9.43. The van der Waals surface area contributed by atoms with Crippen LogP contribution < -0.4 is 10.5 Å². The first-order chi connectivity index (χ1) is 15.3. The Hall–Kier alpha value is -3.34. The fraction of sp³-hybridized carbons (Fsp3) is 0.318.